The second-order valence-corrected chi connectivity index (χ2v) is 4.87. The van der Waals surface area contributed by atoms with Gasteiger partial charge in [0.1, 0.15) is 0 Å². The minimum absolute atomic E-state index is 0.716. The highest BCUT2D eigenvalue weighted by molar-refractivity contribution is 5.93. The highest BCUT2D eigenvalue weighted by Crippen LogP contribution is 2.32. The summed E-state index contributed by atoms with van der Waals surface area (Å²) in [6.07, 6.45) is 0.980. The molecule has 108 valence electrons. The van der Waals surface area contributed by atoms with E-state index in [1.165, 1.54) is 11.1 Å². The first-order valence-corrected chi connectivity index (χ1v) is 7.12. The molecule has 0 saturated heterocycles. The van der Waals surface area contributed by atoms with E-state index in [9.17, 15) is 0 Å². The van der Waals surface area contributed by atoms with Gasteiger partial charge in [0.2, 0.25) is 0 Å². The number of allylic oxidation sites excluding steroid dienone is 1. The van der Waals surface area contributed by atoms with Crippen molar-refractivity contribution in [2.75, 3.05) is 12.8 Å². The van der Waals surface area contributed by atoms with Crippen LogP contribution in [0.25, 0.3) is 11.3 Å². The van der Waals surface area contributed by atoms with Crippen molar-refractivity contribution in [3.05, 3.63) is 65.2 Å². The van der Waals surface area contributed by atoms with Gasteiger partial charge >= 0.3 is 0 Å². The molecular formula is C18H21N3. The number of nitrogens with two attached hydrogens (primary N) is 1. The van der Waals surface area contributed by atoms with Crippen molar-refractivity contribution in [1.29, 1.82) is 0 Å². The zero-order chi connectivity index (χ0) is 15.2. The first kappa shape index (κ1) is 15.0. The van der Waals surface area contributed by atoms with Crippen LogP contribution in [0.4, 0.5) is 5.69 Å². The molecule has 2 aromatic rings. The topological polar surface area (TPSA) is 50.7 Å². The van der Waals surface area contributed by atoms with Gasteiger partial charge in [-0.15, -0.1) is 0 Å². The summed E-state index contributed by atoms with van der Waals surface area (Å²) in [4.78, 5) is 0. The molecule has 0 heterocycles. The Kier molecular flexibility index (Phi) is 4.88. The second kappa shape index (κ2) is 6.84. The quantitative estimate of drug-likeness (QED) is 0.487. The molecule has 0 aliphatic carbocycles. The summed E-state index contributed by atoms with van der Waals surface area (Å²) in [7, 11) is 1.68. The molecule has 0 saturated carbocycles. The number of hydrogen-bond donors (Lipinski definition) is 1. The van der Waals surface area contributed by atoms with E-state index in [1.54, 1.807) is 7.05 Å². The number of nitrogens with zero attached hydrogens (tertiary/aromatic N) is 2. The SMILES string of the molecule is CCc1ccccc1/C(C)=C(/N=NC)c1ccccc1N. The van der Waals surface area contributed by atoms with E-state index in [1.807, 2.05) is 30.3 Å². The third-order valence-corrected chi connectivity index (χ3v) is 3.57. The Bertz CT molecular complexity index is 684. The number of para-hydroxylation sites is 1. The zero-order valence-electron chi connectivity index (χ0n) is 12.8. The predicted molar refractivity (Wildman–Crippen MR) is 89.9 cm³/mol. The van der Waals surface area contributed by atoms with Crippen LogP contribution in [0.3, 0.4) is 0 Å². The number of anilines is 1. The lowest BCUT2D eigenvalue weighted by molar-refractivity contribution is 1.12. The number of benzene rings is 2. The Labute approximate surface area is 126 Å². The Morgan fingerprint density at radius 2 is 1.62 bits per heavy atom. The van der Waals surface area contributed by atoms with E-state index in [0.717, 1.165) is 23.3 Å². The Balaban J connectivity index is 2.67. The third-order valence-electron chi connectivity index (χ3n) is 3.57. The molecule has 2 rings (SSSR count). The molecule has 0 amide bonds. The van der Waals surface area contributed by atoms with Gasteiger partial charge in [-0.1, -0.05) is 49.4 Å². The fraction of sp³-hybridized carbons (Fsp3) is 0.222. The zero-order valence-corrected chi connectivity index (χ0v) is 12.8. The van der Waals surface area contributed by atoms with Gasteiger partial charge in [-0.3, -0.25) is 0 Å². The minimum atomic E-state index is 0.716. The predicted octanol–water partition coefficient (Wildman–Crippen LogP) is 4.80. The lowest BCUT2D eigenvalue weighted by atomic mass is 9.95. The van der Waals surface area contributed by atoms with Crippen LogP contribution in [0, 0.1) is 0 Å². The average molecular weight is 279 g/mol. The Morgan fingerprint density at radius 3 is 2.24 bits per heavy atom. The normalized spacial score (nSPS) is 12.5. The van der Waals surface area contributed by atoms with E-state index in [4.69, 9.17) is 5.73 Å². The molecule has 0 bridgehead atoms. The first-order valence-electron chi connectivity index (χ1n) is 7.12. The summed E-state index contributed by atoms with van der Waals surface area (Å²) in [5.41, 5.74) is 12.2. The maximum atomic E-state index is 6.10. The van der Waals surface area contributed by atoms with Crippen LogP contribution >= 0.6 is 0 Å². The molecule has 0 aliphatic heterocycles. The van der Waals surface area contributed by atoms with Crippen LogP contribution in [-0.4, -0.2) is 7.05 Å². The molecule has 0 spiro atoms. The molecule has 0 aliphatic rings. The average Bonchev–Trinajstić information content (AvgIpc) is 2.53. The molecule has 0 aromatic heterocycles. The number of aryl methyl sites for hydroxylation is 1. The molecule has 0 unspecified atom stereocenters. The summed E-state index contributed by atoms with van der Waals surface area (Å²) in [5, 5.41) is 8.30. The van der Waals surface area contributed by atoms with E-state index in [0.29, 0.717) is 5.69 Å². The summed E-state index contributed by atoms with van der Waals surface area (Å²) >= 11 is 0. The number of rotatable bonds is 4. The van der Waals surface area contributed by atoms with Crippen molar-refractivity contribution in [3.63, 3.8) is 0 Å². The molecule has 0 atom stereocenters. The van der Waals surface area contributed by atoms with Crippen LogP contribution in [0.1, 0.15) is 30.5 Å². The smallest absolute Gasteiger partial charge is 0.0980 e. The molecule has 3 nitrogen and oxygen atoms in total. The second-order valence-electron chi connectivity index (χ2n) is 4.87. The summed E-state index contributed by atoms with van der Waals surface area (Å²) in [6, 6.07) is 16.1. The van der Waals surface area contributed by atoms with Crippen LogP contribution in [0.2, 0.25) is 0 Å². The molecule has 0 fully saturated rings. The largest absolute Gasteiger partial charge is 0.398 e. The van der Waals surface area contributed by atoms with Crippen molar-refractivity contribution in [2.45, 2.75) is 20.3 Å². The standard InChI is InChI=1S/C18H21N3/c1-4-14-9-5-6-10-15(14)13(2)18(21-20-3)16-11-7-8-12-17(16)19/h5-12H,4,19H2,1-3H3/b18-13+,21-20?. The van der Waals surface area contributed by atoms with Gasteiger partial charge in [0.05, 0.1) is 5.70 Å². The van der Waals surface area contributed by atoms with Crippen molar-refractivity contribution < 1.29 is 0 Å². The highest BCUT2D eigenvalue weighted by Gasteiger charge is 2.12. The van der Waals surface area contributed by atoms with Crippen LogP contribution in [-0.2, 0) is 6.42 Å². The van der Waals surface area contributed by atoms with Gasteiger partial charge in [0.25, 0.3) is 0 Å². The fourth-order valence-electron chi connectivity index (χ4n) is 2.47. The van der Waals surface area contributed by atoms with Gasteiger partial charge in [-0.2, -0.15) is 10.2 Å². The van der Waals surface area contributed by atoms with Gasteiger partial charge < -0.3 is 5.73 Å². The van der Waals surface area contributed by atoms with Crippen molar-refractivity contribution >= 4 is 17.0 Å². The minimum Gasteiger partial charge on any atom is -0.398 e. The van der Waals surface area contributed by atoms with Crippen LogP contribution in [0.5, 0.6) is 0 Å². The van der Waals surface area contributed by atoms with Gasteiger partial charge in [0, 0.05) is 18.3 Å². The monoisotopic (exact) mass is 279 g/mol. The lowest BCUT2D eigenvalue weighted by Crippen LogP contribution is -1.96. The van der Waals surface area contributed by atoms with Crippen molar-refractivity contribution in [1.82, 2.24) is 0 Å². The number of hydrogen-bond acceptors (Lipinski definition) is 3. The molecule has 21 heavy (non-hydrogen) atoms. The highest BCUT2D eigenvalue weighted by atomic mass is 15.1. The van der Waals surface area contributed by atoms with E-state index in [-0.39, 0.29) is 0 Å². The first-order chi connectivity index (χ1) is 10.2. The van der Waals surface area contributed by atoms with Crippen LogP contribution in [0.15, 0.2) is 58.8 Å². The molecule has 3 heteroatoms. The van der Waals surface area contributed by atoms with Gasteiger partial charge in [0.15, 0.2) is 0 Å². The van der Waals surface area contributed by atoms with Gasteiger partial charge in [-0.05, 0) is 36.1 Å². The summed E-state index contributed by atoms with van der Waals surface area (Å²) < 4.78 is 0. The van der Waals surface area contributed by atoms with Gasteiger partial charge in [-0.25, -0.2) is 0 Å². The number of azo groups is 1. The molecule has 2 aromatic carbocycles. The van der Waals surface area contributed by atoms with Crippen LogP contribution < -0.4 is 5.73 Å². The summed E-state index contributed by atoms with van der Waals surface area (Å²) in [5.74, 6) is 0. The maximum absolute atomic E-state index is 6.10. The van der Waals surface area contributed by atoms with Crippen molar-refractivity contribution in [2.24, 2.45) is 10.2 Å². The van der Waals surface area contributed by atoms with Crippen molar-refractivity contribution in [3.8, 4) is 0 Å². The molecule has 0 radical (unpaired) electrons. The maximum Gasteiger partial charge on any atom is 0.0980 e. The lowest BCUT2D eigenvalue weighted by Gasteiger charge is -2.13. The van der Waals surface area contributed by atoms with E-state index >= 15 is 0 Å². The fourth-order valence-corrected chi connectivity index (χ4v) is 2.47. The molecular weight excluding hydrogens is 258 g/mol. The molecule has 2 N–H and O–H groups in total. The number of nitrogen functional groups attached to an aromatic ring is 1. The van der Waals surface area contributed by atoms with E-state index < -0.39 is 0 Å². The summed E-state index contributed by atoms with van der Waals surface area (Å²) in [6.45, 7) is 4.23. The third kappa shape index (κ3) is 3.19. The van der Waals surface area contributed by atoms with E-state index in [2.05, 4.69) is 42.3 Å². The Hall–Kier alpha value is -2.42. The Morgan fingerprint density at radius 1 is 1.00 bits per heavy atom.